The van der Waals surface area contributed by atoms with Gasteiger partial charge in [0.15, 0.2) is 0 Å². The molecule has 16 heteroatoms. The van der Waals surface area contributed by atoms with Crippen molar-refractivity contribution < 1.29 is 38.4 Å². The van der Waals surface area contributed by atoms with Crippen molar-refractivity contribution in [3.8, 4) is 0 Å². The van der Waals surface area contributed by atoms with E-state index in [9.17, 15) is 29.1 Å². The summed E-state index contributed by atoms with van der Waals surface area (Å²) < 4.78 is 12.8. The van der Waals surface area contributed by atoms with Crippen molar-refractivity contribution in [3.05, 3.63) is 46.5 Å². The number of hydrogen-bond donors (Lipinski definition) is 8. The molecule has 1 heterocycles. The predicted octanol–water partition coefficient (Wildman–Crippen LogP) is 3.02. The lowest BCUT2D eigenvalue weighted by Gasteiger charge is -2.57. The molecule has 0 aromatic heterocycles. The van der Waals surface area contributed by atoms with Crippen LogP contribution >= 0.6 is 0 Å². The van der Waals surface area contributed by atoms with Gasteiger partial charge in [-0.15, -0.1) is 0 Å². The van der Waals surface area contributed by atoms with Crippen LogP contribution in [0.1, 0.15) is 141 Å². The lowest BCUT2D eigenvalue weighted by molar-refractivity contribution is -0.135. The lowest BCUT2D eigenvalue weighted by atomic mass is 9.51. The maximum atomic E-state index is 13.7. The zero-order valence-electron chi connectivity index (χ0n) is 37.9. The van der Waals surface area contributed by atoms with Gasteiger partial charge >= 0.3 is 7.12 Å². The molecule has 4 aliphatic rings. The first-order valence-electron chi connectivity index (χ1n) is 22.6. The molecule has 10 N–H and O–H groups in total. The Labute approximate surface area is 363 Å². The monoisotopic (exact) mass is 852 g/mol. The van der Waals surface area contributed by atoms with Crippen molar-refractivity contribution in [3.63, 3.8) is 0 Å². The van der Waals surface area contributed by atoms with Gasteiger partial charge < -0.3 is 52.5 Å². The first kappa shape index (κ1) is 49.8. The third-order valence-corrected chi connectivity index (χ3v) is 12.9. The molecule has 1 aromatic rings. The van der Waals surface area contributed by atoms with E-state index in [0.29, 0.717) is 37.3 Å². The molecule has 340 valence electrons. The van der Waals surface area contributed by atoms with E-state index < -0.39 is 78.5 Å². The first-order chi connectivity index (χ1) is 28.9. The minimum atomic E-state index is -1.48. The fourth-order valence-electron chi connectivity index (χ4n) is 8.90. The highest BCUT2D eigenvalue weighted by molar-refractivity contribution is 6.47. The van der Waals surface area contributed by atoms with Crippen LogP contribution in [-0.4, -0.2) is 103 Å². The molecular weight excluding hydrogens is 777 g/mol. The molecule has 1 saturated carbocycles. The number of rotatable bonds is 25. The van der Waals surface area contributed by atoms with E-state index in [1.54, 1.807) is 13.0 Å². The van der Waals surface area contributed by atoms with Gasteiger partial charge in [0, 0.05) is 5.56 Å². The SMILES string of the molecule is CCCCCCCCc1ccc(C(=O)N[C@@H](CCN)C(=O)N[C@H](C(=O)N[C@@H](C)C(=O)N[C@@H](CCCCN)C(=O)N[C@@H](C)B2O[C@@H]3C[C@@H]4C=C(C4(C)C)[C@]3(C)O2)[C@@H](C)O)c(C)c1. The lowest BCUT2D eigenvalue weighted by Crippen LogP contribution is -2.60. The molecule has 9 atom stereocenters. The fourth-order valence-corrected chi connectivity index (χ4v) is 8.90. The van der Waals surface area contributed by atoms with Crippen molar-refractivity contribution in [1.82, 2.24) is 26.6 Å². The van der Waals surface area contributed by atoms with E-state index in [1.807, 2.05) is 26.0 Å². The number of nitrogens with one attached hydrogen (secondary N) is 5. The minimum Gasteiger partial charge on any atom is -0.404 e. The van der Waals surface area contributed by atoms with Crippen molar-refractivity contribution in [2.24, 2.45) is 22.8 Å². The van der Waals surface area contributed by atoms with Crippen molar-refractivity contribution >= 4 is 36.7 Å². The molecule has 1 aromatic carbocycles. The highest BCUT2D eigenvalue weighted by Crippen LogP contribution is 2.61. The number of aliphatic hydroxyl groups is 1. The summed E-state index contributed by atoms with van der Waals surface area (Å²) in [5.74, 6) is -3.21. The first-order valence-corrected chi connectivity index (χ1v) is 22.6. The molecule has 1 saturated heterocycles. The van der Waals surface area contributed by atoms with Gasteiger partial charge in [0.1, 0.15) is 24.2 Å². The highest BCUT2D eigenvalue weighted by atomic mass is 16.7. The molecule has 0 radical (unpaired) electrons. The zero-order valence-corrected chi connectivity index (χ0v) is 37.9. The van der Waals surface area contributed by atoms with E-state index in [-0.39, 0.29) is 24.5 Å². The molecule has 0 unspecified atom stereocenters. The van der Waals surface area contributed by atoms with Gasteiger partial charge in [-0.3, -0.25) is 24.0 Å². The average molecular weight is 852 g/mol. The summed E-state index contributed by atoms with van der Waals surface area (Å²) in [7, 11) is -0.686. The van der Waals surface area contributed by atoms with Gasteiger partial charge in [-0.1, -0.05) is 71.1 Å². The van der Waals surface area contributed by atoms with E-state index in [2.05, 4.69) is 53.4 Å². The number of carbonyl (C=O) groups excluding carboxylic acids is 5. The predicted molar refractivity (Wildman–Crippen MR) is 237 cm³/mol. The second kappa shape index (κ2) is 22.5. The Balaban J connectivity index is 1.32. The number of nitrogens with two attached hydrogens (primary N) is 2. The van der Waals surface area contributed by atoms with Gasteiger partial charge in [0.05, 0.1) is 23.8 Å². The van der Waals surface area contributed by atoms with Crippen LogP contribution in [0.2, 0.25) is 0 Å². The number of carbonyl (C=O) groups is 5. The molecule has 61 heavy (non-hydrogen) atoms. The number of benzene rings is 1. The summed E-state index contributed by atoms with van der Waals surface area (Å²) in [6.45, 7) is 15.6. The van der Waals surface area contributed by atoms with Gasteiger partial charge in [-0.25, -0.2) is 0 Å². The van der Waals surface area contributed by atoms with E-state index in [4.69, 9.17) is 20.8 Å². The van der Waals surface area contributed by atoms with Crippen LogP contribution in [0.25, 0.3) is 0 Å². The van der Waals surface area contributed by atoms with Gasteiger partial charge in [0.25, 0.3) is 5.91 Å². The summed E-state index contributed by atoms with van der Waals surface area (Å²) in [5, 5.41) is 24.2. The van der Waals surface area contributed by atoms with Crippen LogP contribution in [0, 0.1) is 18.3 Å². The molecule has 15 nitrogen and oxygen atoms in total. The number of aliphatic hydroxyl groups excluding tert-OH is 1. The smallest absolute Gasteiger partial charge is 0.404 e. The van der Waals surface area contributed by atoms with Crippen LogP contribution in [0.15, 0.2) is 29.8 Å². The summed E-state index contributed by atoms with van der Waals surface area (Å²) in [6.07, 6.45) is 11.3. The summed E-state index contributed by atoms with van der Waals surface area (Å²) in [4.78, 5) is 67.6. The molecule has 2 fully saturated rings. The highest BCUT2D eigenvalue weighted by Gasteiger charge is 2.63. The summed E-state index contributed by atoms with van der Waals surface area (Å²) >= 11 is 0. The molecule has 1 aliphatic heterocycles. The third-order valence-electron chi connectivity index (χ3n) is 12.9. The fraction of sp³-hybridized carbons (Fsp3) is 0.711. The van der Waals surface area contributed by atoms with Crippen molar-refractivity contribution in [1.29, 1.82) is 0 Å². The Morgan fingerprint density at radius 2 is 1.49 bits per heavy atom. The Kier molecular flexibility index (Phi) is 18.4. The van der Waals surface area contributed by atoms with Crippen LogP contribution in [0.5, 0.6) is 0 Å². The topological polar surface area (TPSA) is 236 Å². The zero-order chi connectivity index (χ0) is 45.1. The number of allylic oxidation sites excluding steroid dienone is 1. The maximum Gasteiger partial charge on any atom is 0.481 e. The van der Waals surface area contributed by atoms with Gasteiger partial charge in [-0.2, -0.15) is 0 Å². The van der Waals surface area contributed by atoms with Crippen LogP contribution in [-0.2, 0) is 34.9 Å². The standard InChI is InChI=1S/C45H74BN7O8/c1-9-10-11-12-13-14-17-31-19-20-33(27(2)24-31)40(56)52-35(21-23-48)42(58)53-38(29(4)54)43(59)49-28(3)39(55)51-34(18-15-16-22-47)41(57)50-30(5)46-60-37-26-32-25-36(44(32,6)7)45(37,8)61-46/h19-20,24-25,28-30,32,34-35,37-38,54H,9-18,21-23,26,47-48H2,1-8H3,(H,49,59)(H,50,57)(H,51,55)(H,52,56)(H,53,58)/t28-,29+,30-,32-,34-,35-,37+,38-,45-/m0/s1. The average Bonchev–Trinajstić information content (AvgIpc) is 3.58. The Bertz CT molecular complexity index is 1720. The second-order valence-electron chi connectivity index (χ2n) is 18.2. The van der Waals surface area contributed by atoms with Crippen LogP contribution in [0.4, 0.5) is 0 Å². The Morgan fingerprint density at radius 1 is 0.820 bits per heavy atom. The largest absolute Gasteiger partial charge is 0.481 e. The van der Waals surface area contributed by atoms with Crippen molar-refractivity contribution in [2.45, 2.75) is 180 Å². The second-order valence-corrected chi connectivity index (χ2v) is 18.2. The van der Waals surface area contributed by atoms with Crippen LogP contribution < -0.4 is 38.1 Å². The summed E-state index contributed by atoms with van der Waals surface area (Å²) in [5.41, 5.74) is 14.5. The third kappa shape index (κ3) is 12.6. The maximum absolute atomic E-state index is 13.7. The summed E-state index contributed by atoms with van der Waals surface area (Å²) in [6, 6.07) is 0.978. The molecule has 5 amide bonds. The van der Waals surface area contributed by atoms with Gasteiger partial charge in [0.2, 0.25) is 23.6 Å². The van der Waals surface area contributed by atoms with Gasteiger partial charge in [-0.05, 0) is 127 Å². The Morgan fingerprint density at radius 3 is 2.13 bits per heavy atom. The Hall–Kier alpha value is -3.83. The molecular formula is C45H74BN7O8. The number of amides is 5. The molecule has 3 aliphatic carbocycles. The normalized spacial score (nSPS) is 22.9. The molecule has 5 rings (SSSR count). The van der Waals surface area contributed by atoms with Crippen LogP contribution in [0.3, 0.4) is 0 Å². The van der Waals surface area contributed by atoms with E-state index >= 15 is 0 Å². The van der Waals surface area contributed by atoms with Crippen molar-refractivity contribution in [2.75, 3.05) is 13.1 Å². The van der Waals surface area contributed by atoms with E-state index in [1.165, 1.54) is 45.1 Å². The number of aryl methyl sites for hydroxylation is 2. The molecule has 2 bridgehead atoms. The number of hydrogen-bond acceptors (Lipinski definition) is 10. The molecule has 0 spiro atoms. The van der Waals surface area contributed by atoms with E-state index in [0.717, 1.165) is 36.8 Å². The number of unbranched alkanes of at least 4 members (excludes halogenated alkanes) is 6. The minimum absolute atomic E-state index is 0.0329. The quantitative estimate of drug-likeness (QED) is 0.0407.